The molecule has 0 aromatic carbocycles. The van der Waals surface area contributed by atoms with Gasteiger partial charge in [0.1, 0.15) is 6.29 Å². The van der Waals surface area contributed by atoms with E-state index < -0.39 is 0 Å². The van der Waals surface area contributed by atoms with Gasteiger partial charge < -0.3 is 4.79 Å². The Kier molecular flexibility index (Phi) is 3.19. The van der Waals surface area contributed by atoms with E-state index in [2.05, 4.69) is 16.7 Å². The Morgan fingerprint density at radius 1 is 1.36 bits per heavy atom. The third-order valence-electron chi connectivity index (χ3n) is 3.63. The van der Waals surface area contributed by atoms with Gasteiger partial charge in [0.05, 0.1) is 6.54 Å². The number of rotatable bonds is 2. The van der Waals surface area contributed by atoms with Crippen molar-refractivity contribution < 1.29 is 4.79 Å². The second-order valence-corrected chi connectivity index (χ2v) is 4.61. The third-order valence-corrected chi connectivity index (χ3v) is 3.63. The van der Waals surface area contributed by atoms with E-state index in [0.717, 1.165) is 25.4 Å². The minimum absolute atomic E-state index is 0.551. The van der Waals surface area contributed by atoms with Crippen LogP contribution in [-0.2, 0) is 4.79 Å². The van der Waals surface area contributed by atoms with Crippen LogP contribution in [0.25, 0.3) is 0 Å². The summed E-state index contributed by atoms with van der Waals surface area (Å²) < 4.78 is 0. The van der Waals surface area contributed by atoms with Crippen molar-refractivity contribution in [2.45, 2.75) is 38.3 Å². The fraction of sp³-hybridized carbons (Fsp3) is 0.909. The lowest BCUT2D eigenvalue weighted by molar-refractivity contribution is -0.110. The number of carbonyl (C=O) groups excluding carboxylic acids is 1. The van der Waals surface area contributed by atoms with Crippen LogP contribution in [0.4, 0.5) is 0 Å². The van der Waals surface area contributed by atoms with E-state index in [9.17, 15) is 4.79 Å². The molecule has 0 spiro atoms. The molecule has 3 heteroatoms. The van der Waals surface area contributed by atoms with Gasteiger partial charge in [0.15, 0.2) is 0 Å². The summed E-state index contributed by atoms with van der Waals surface area (Å²) in [4.78, 5) is 15.4. The Morgan fingerprint density at radius 3 is 3.00 bits per heavy atom. The van der Waals surface area contributed by atoms with Crippen LogP contribution in [0.15, 0.2) is 0 Å². The molecule has 0 N–H and O–H groups in total. The van der Waals surface area contributed by atoms with Crippen LogP contribution in [-0.4, -0.2) is 54.3 Å². The fourth-order valence-corrected chi connectivity index (χ4v) is 2.76. The largest absolute Gasteiger partial charge is 0.302 e. The van der Waals surface area contributed by atoms with Gasteiger partial charge >= 0.3 is 0 Å². The van der Waals surface area contributed by atoms with Gasteiger partial charge in [0.2, 0.25) is 0 Å². The maximum Gasteiger partial charge on any atom is 0.133 e. The number of fused-ring (bicyclic) bond motifs is 1. The maximum atomic E-state index is 10.5. The number of hydrogen-bond acceptors (Lipinski definition) is 3. The van der Waals surface area contributed by atoms with Crippen LogP contribution in [0.1, 0.15) is 26.2 Å². The lowest BCUT2D eigenvalue weighted by Gasteiger charge is -2.47. The molecule has 2 aliphatic rings. The first-order chi connectivity index (χ1) is 6.81. The highest BCUT2D eigenvalue weighted by Crippen LogP contribution is 2.23. The van der Waals surface area contributed by atoms with Gasteiger partial charge in [-0.1, -0.05) is 6.42 Å². The van der Waals surface area contributed by atoms with E-state index in [4.69, 9.17) is 0 Å². The molecule has 3 nitrogen and oxygen atoms in total. The highest BCUT2D eigenvalue weighted by atomic mass is 16.1. The Bertz CT molecular complexity index is 207. The molecule has 0 aromatic heterocycles. The average molecular weight is 196 g/mol. The summed E-state index contributed by atoms with van der Waals surface area (Å²) in [6, 6.07) is 1.27. The Labute approximate surface area is 86.1 Å². The SMILES string of the molecule is CC1CN2CCCCC2CN1CC=O. The Morgan fingerprint density at radius 2 is 2.21 bits per heavy atom. The Balaban J connectivity index is 1.95. The van der Waals surface area contributed by atoms with Crippen LogP contribution in [0, 0.1) is 0 Å². The zero-order chi connectivity index (χ0) is 9.97. The van der Waals surface area contributed by atoms with E-state index in [0.29, 0.717) is 12.6 Å². The number of hydrogen-bond donors (Lipinski definition) is 0. The summed E-state index contributed by atoms with van der Waals surface area (Å²) >= 11 is 0. The summed E-state index contributed by atoms with van der Waals surface area (Å²) in [6.45, 7) is 6.36. The predicted octanol–water partition coefficient (Wildman–Crippen LogP) is 0.744. The maximum absolute atomic E-state index is 10.5. The van der Waals surface area contributed by atoms with Gasteiger partial charge in [0, 0.05) is 25.2 Å². The third kappa shape index (κ3) is 1.98. The number of aldehydes is 1. The monoisotopic (exact) mass is 196 g/mol. The molecule has 0 amide bonds. The molecular formula is C11H20N2O. The molecule has 0 bridgehead atoms. The smallest absolute Gasteiger partial charge is 0.133 e. The first kappa shape index (κ1) is 10.1. The molecule has 2 fully saturated rings. The lowest BCUT2D eigenvalue weighted by Crippen LogP contribution is -2.58. The van der Waals surface area contributed by atoms with Crippen LogP contribution < -0.4 is 0 Å². The molecule has 2 unspecified atom stereocenters. The molecule has 0 aliphatic carbocycles. The highest BCUT2D eigenvalue weighted by molar-refractivity contribution is 5.52. The number of piperazine rings is 1. The van der Waals surface area contributed by atoms with Crippen LogP contribution in [0.5, 0.6) is 0 Å². The predicted molar refractivity (Wildman–Crippen MR) is 56.3 cm³/mol. The van der Waals surface area contributed by atoms with Gasteiger partial charge in [-0.2, -0.15) is 0 Å². The van der Waals surface area contributed by atoms with Crippen molar-refractivity contribution in [3.63, 3.8) is 0 Å². The van der Waals surface area contributed by atoms with Crippen molar-refractivity contribution in [3.8, 4) is 0 Å². The quantitative estimate of drug-likeness (QED) is 0.609. The number of piperidine rings is 1. The molecular weight excluding hydrogens is 176 g/mol. The minimum atomic E-state index is 0.551. The van der Waals surface area contributed by atoms with E-state index >= 15 is 0 Å². The average Bonchev–Trinajstić information content (AvgIpc) is 2.19. The molecule has 2 aliphatic heterocycles. The van der Waals surface area contributed by atoms with Crippen molar-refractivity contribution in [3.05, 3.63) is 0 Å². The summed E-state index contributed by atoms with van der Waals surface area (Å²) in [5.74, 6) is 0. The van der Waals surface area contributed by atoms with Crippen molar-refractivity contribution in [2.75, 3.05) is 26.2 Å². The zero-order valence-electron chi connectivity index (χ0n) is 8.98. The van der Waals surface area contributed by atoms with Gasteiger partial charge in [-0.25, -0.2) is 0 Å². The lowest BCUT2D eigenvalue weighted by atomic mass is 9.97. The summed E-state index contributed by atoms with van der Waals surface area (Å²) in [5.41, 5.74) is 0. The number of carbonyl (C=O) groups is 1. The first-order valence-electron chi connectivity index (χ1n) is 5.73. The van der Waals surface area contributed by atoms with Crippen molar-refractivity contribution >= 4 is 6.29 Å². The zero-order valence-corrected chi connectivity index (χ0v) is 8.98. The molecule has 2 heterocycles. The molecule has 0 aromatic rings. The van der Waals surface area contributed by atoms with E-state index in [-0.39, 0.29) is 0 Å². The molecule has 0 saturated carbocycles. The molecule has 0 radical (unpaired) electrons. The van der Waals surface area contributed by atoms with Gasteiger partial charge in [-0.3, -0.25) is 9.80 Å². The summed E-state index contributed by atoms with van der Waals surface area (Å²) in [6.07, 6.45) is 5.08. The second-order valence-electron chi connectivity index (χ2n) is 4.61. The Hall–Kier alpha value is -0.410. The summed E-state index contributed by atoms with van der Waals surface area (Å²) in [5, 5.41) is 0. The highest BCUT2D eigenvalue weighted by Gasteiger charge is 2.32. The minimum Gasteiger partial charge on any atom is -0.302 e. The van der Waals surface area contributed by atoms with E-state index in [1.165, 1.54) is 25.8 Å². The van der Waals surface area contributed by atoms with Crippen molar-refractivity contribution in [1.82, 2.24) is 9.80 Å². The standard InChI is InChI=1S/C11H20N2O/c1-10-8-13-5-3-2-4-11(13)9-12(10)6-7-14/h7,10-11H,2-6,8-9H2,1H3. The van der Waals surface area contributed by atoms with E-state index in [1.54, 1.807) is 0 Å². The van der Waals surface area contributed by atoms with Crippen LogP contribution in [0.2, 0.25) is 0 Å². The van der Waals surface area contributed by atoms with E-state index in [1.807, 2.05) is 0 Å². The van der Waals surface area contributed by atoms with Gasteiger partial charge in [0.25, 0.3) is 0 Å². The molecule has 2 rings (SSSR count). The first-order valence-corrected chi connectivity index (χ1v) is 5.73. The number of nitrogens with zero attached hydrogens (tertiary/aromatic N) is 2. The molecule has 2 saturated heterocycles. The van der Waals surface area contributed by atoms with Crippen LogP contribution >= 0.6 is 0 Å². The van der Waals surface area contributed by atoms with Crippen molar-refractivity contribution in [1.29, 1.82) is 0 Å². The fourth-order valence-electron chi connectivity index (χ4n) is 2.76. The normalized spacial score (nSPS) is 35.2. The molecule has 80 valence electrons. The van der Waals surface area contributed by atoms with Gasteiger partial charge in [-0.15, -0.1) is 0 Å². The molecule has 14 heavy (non-hydrogen) atoms. The van der Waals surface area contributed by atoms with Crippen LogP contribution in [0.3, 0.4) is 0 Å². The molecule has 2 atom stereocenters. The van der Waals surface area contributed by atoms with Gasteiger partial charge in [-0.05, 0) is 26.3 Å². The summed E-state index contributed by atoms with van der Waals surface area (Å²) in [7, 11) is 0. The topological polar surface area (TPSA) is 23.6 Å². The van der Waals surface area contributed by atoms with Crippen molar-refractivity contribution in [2.24, 2.45) is 0 Å². The second kappa shape index (κ2) is 4.41.